The van der Waals surface area contributed by atoms with Crippen molar-refractivity contribution in [2.45, 2.75) is 19.3 Å². The zero-order valence-corrected chi connectivity index (χ0v) is 10.0. The van der Waals surface area contributed by atoms with Crippen LogP contribution in [0.4, 0.5) is 0 Å². The Morgan fingerprint density at radius 1 is 1.41 bits per heavy atom. The van der Waals surface area contributed by atoms with Gasteiger partial charge in [0.1, 0.15) is 5.75 Å². The molecule has 3 nitrogen and oxygen atoms in total. The second kappa shape index (κ2) is 3.77. The molecular formula is C14H17NO2. The molecule has 3 heteroatoms. The molecule has 0 amide bonds. The van der Waals surface area contributed by atoms with Gasteiger partial charge in [0.05, 0.1) is 0 Å². The number of ether oxygens (including phenoxy) is 2. The summed E-state index contributed by atoms with van der Waals surface area (Å²) in [5.41, 5.74) is 10.1. The standard InChI is InChI=1S/C14H17NO2/c1-16-9-17-11-2-3-12-10(6-11)7-14(4-5-14)13(12)8-15/h2-3,6,8H,4-5,7,9,15H2,1H3/b13-8-. The van der Waals surface area contributed by atoms with Crippen LogP contribution in [0.5, 0.6) is 5.75 Å². The molecule has 0 unspecified atom stereocenters. The van der Waals surface area contributed by atoms with Crippen molar-refractivity contribution >= 4 is 5.57 Å². The number of fused-ring (bicyclic) bond motifs is 1. The fraction of sp³-hybridized carbons (Fsp3) is 0.429. The van der Waals surface area contributed by atoms with Crippen LogP contribution in [0.1, 0.15) is 24.0 Å². The van der Waals surface area contributed by atoms with E-state index in [1.807, 2.05) is 6.07 Å². The number of benzene rings is 1. The van der Waals surface area contributed by atoms with E-state index in [-0.39, 0.29) is 0 Å². The number of rotatable bonds is 3. The molecular weight excluding hydrogens is 214 g/mol. The highest BCUT2D eigenvalue weighted by molar-refractivity contribution is 5.79. The zero-order chi connectivity index (χ0) is 11.9. The Labute approximate surface area is 101 Å². The van der Waals surface area contributed by atoms with Crippen LogP contribution in [0.15, 0.2) is 24.4 Å². The van der Waals surface area contributed by atoms with Crippen LogP contribution >= 0.6 is 0 Å². The Hall–Kier alpha value is -1.48. The first-order valence-electron chi connectivity index (χ1n) is 5.96. The van der Waals surface area contributed by atoms with Crippen LogP contribution < -0.4 is 10.5 Å². The number of hydrogen-bond acceptors (Lipinski definition) is 3. The third-order valence-corrected chi connectivity index (χ3v) is 3.83. The summed E-state index contributed by atoms with van der Waals surface area (Å²) in [6.45, 7) is 0.295. The van der Waals surface area contributed by atoms with E-state index >= 15 is 0 Å². The van der Waals surface area contributed by atoms with E-state index in [1.54, 1.807) is 13.3 Å². The van der Waals surface area contributed by atoms with Crippen molar-refractivity contribution < 1.29 is 9.47 Å². The maximum absolute atomic E-state index is 5.77. The lowest BCUT2D eigenvalue weighted by atomic mass is 9.98. The summed E-state index contributed by atoms with van der Waals surface area (Å²) in [5.74, 6) is 0.875. The lowest BCUT2D eigenvalue weighted by Gasteiger charge is -2.07. The quantitative estimate of drug-likeness (QED) is 0.812. The van der Waals surface area contributed by atoms with Crippen molar-refractivity contribution in [3.05, 3.63) is 35.5 Å². The summed E-state index contributed by atoms with van der Waals surface area (Å²) >= 11 is 0. The molecule has 0 bridgehead atoms. The van der Waals surface area contributed by atoms with Gasteiger partial charge in [-0.05, 0) is 54.3 Å². The highest BCUT2D eigenvalue weighted by Gasteiger charge is 2.50. The van der Waals surface area contributed by atoms with Gasteiger partial charge in [0.25, 0.3) is 0 Å². The van der Waals surface area contributed by atoms with Gasteiger partial charge in [-0.15, -0.1) is 0 Å². The third kappa shape index (κ3) is 1.62. The van der Waals surface area contributed by atoms with Gasteiger partial charge in [-0.1, -0.05) is 6.07 Å². The van der Waals surface area contributed by atoms with Crippen molar-refractivity contribution in [2.75, 3.05) is 13.9 Å². The molecule has 0 radical (unpaired) electrons. The Kier molecular flexibility index (Phi) is 2.37. The van der Waals surface area contributed by atoms with Gasteiger partial charge in [-0.25, -0.2) is 0 Å². The molecule has 0 atom stereocenters. The Balaban J connectivity index is 1.91. The lowest BCUT2D eigenvalue weighted by molar-refractivity contribution is 0.0511. The van der Waals surface area contributed by atoms with Crippen LogP contribution in [0, 0.1) is 5.41 Å². The van der Waals surface area contributed by atoms with Gasteiger partial charge >= 0.3 is 0 Å². The summed E-state index contributed by atoms with van der Waals surface area (Å²) in [5, 5.41) is 0. The fourth-order valence-electron chi connectivity index (χ4n) is 2.80. The van der Waals surface area contributed by atoms with E-state index in [0.29, 0.717) is 12.2 Å². The number of nitrogens with two attached hydrogens (primary N) is 1. The summed E-state index contributed by atoms with van der Waals surface area (Å²) < 4.78 is 10.4. The van der Waals surface area contributed by atoms with Crippen LogP contribution in [-0.4, -0.2) is 13.9 Å². The van der Waals surface area contributed by atoms with Crippen molar-refractivity contribution in [1.29, 1.82) is 0 Å². The molecule has 2 aliphatic rings. The van der Waals surface area contributed by atoms with Gasteiger partial charge in [0.2, 0.25) is 0 Å². The highest BCUT2D eigenvalue weighted by Crippen LogP contribution is 2.62. The van der Waals surface area contributed by atoms with Crippen LogP contribution in [0.25, 0.3) is 5.57 Å². The Morgan fingerprint density at radius 2 is 2.24 bits per heavy atom. The molecule has 0 aliphatic heterocycles. The topological polar surface area (TPSA) is 44.5 Å². The van der Waals surface area contributed by atoms with E-state index in [1.165, 1.54) is 29.5 Å². The molecule has 2 N–H and O–H groups in total. The first-order valence-corrected chi connectivity index (χ1v) is 5.96. The summed E-state index contributed by atoms with van der Waals surface area (Å²) in [4.78, 5) is 0. The summed E-state index contributed by atoms with van der Waals surface area (Å²) in [7, 11) is 1.63. The van der Waals surface area contributed by atoms with Crippen LogP contribution in [0.2, 0.25) is 0 Å². The molecule has 0 saturated heterocycles. The largest absolute Gasteiger partial charge is 0.468 e. The zero-order valence-electron chi connectivity index (χ0n) is 10.0. The maximum atomic E-state index is 5.77. The van der Waals surface area contributed by atoms with Gasteiger partial charge < -0.3 is 15.2 Å². The van der Waals surface area contributed by atoms with Gasteiger partial charge in [-0.3, -0.25) is 0 Å². The number of hydrogen-bond donors (Lipinski definition) is 1. The normalized spacial score (nSPS) is 21.8. The summed E-state index contributed by atoms with van der Waals surface area (Å²) in [6, 6.07) is 6.22. The van der Waals surface area contributed by atoms with Gasteiger partial charge in [-0.2, -0.15) is 0 Å². The summed E-state index contributed by atoms with van der Waals surface area (Å²) in [6.07, 6.45) is 5.42. The predicted molar refractivity (Wildman–Crippen MR) is 66.5 cm³/mol. The number of allylic oxidation sites excluding steroid dienone is 1. The Morgan fingerprint density at radius 3 is 2.88 bits per heavy atom. The molecule has 1 spiro atoms. The molecule has 2 aliphatic carbocycles. The van der Waals surface area contributed by atoms with Crippen molar-refractivity contribution in [3.63, 3.8) is 0 Å². The van der Waals surface area contributed by atoms with Crippen molar-refractivity contribution in [2.24, 2.45) is 11.1 Å². The average Bonchev–Trinajstić information content (AvgIpc) is 3.02. The van der Waals surface area contributed by atoms with Gasteiger partial charge in [0.15, 0.2) is 6.79 Å². The van der Waals surface area contributed by atoms with Crippen LogP contribution in [0.3, 0.4) is 0 Å². The molecule has 1 saturated carbocycles. The predicted octanol–water partition coefficient (Wildman–Crippen LogP) is 2.31. The van der Waals surface area contributed by atoms with E-state index in [2.05, 4.69) is 12.1 Å². The van der Waals surface area contributed by atoms with E-state index in [4.69, 9.17) is 15.2 Å². The second-order valence-corrected chi connectivity index (χ2v) is 4.91. The molecule has 1 fully saturated rings. The molecule has 0 aromatic heterocycles. The smallest absolute Gasteiger partial charge is 0.188 e. The minimum absolute atomic E-state index is 0.295. The van der Waals surface area contributed by atoms with E-state index in [9.17, 15) is 0 Å². The minimum Gasteiger partial charge on any atom is -0.468 e. The molecule has 17 heavy (non-hydrogen) atoms. The molecule has 0 heterocycles. The second-order valence-electron chi connectivity index (χ2n) is 4.91. The minimum atomic E-state index is 0.295. The van der Waals surface area contributed by atoms with Crippen molar-refractivity contribution in [1.82, 2.24) is 0 Å². The van der Waals surface area contributed by atoms with E-state index in [0.717, 1.165) is 12.2 Å². The lowest BCUT2D eigenvalue weighted by Crippen LogP contribution is -1.99. The Bertz CT molecular complexity index is 475. The SMILES string of the molecule is COCOc1ccc2c(c1)CC1(CC1)/C2=C\N. The fourth-order valence-corrected chi connectivity index (χ4v) is 2.80. The maximum Gasteiger partial charge on any atom is 0.188 e. The van der Waals surface area contributed by atoms with Crippen LogP contribution in [-0.2, 0) is 11.2 Å². The first kappa shape index (κ1) is 10.7. The molecule has 3 rings (SSSR count). The van der Waals surface area contributed by atoms with E-state index < -0.39 is 0 Å². The van der Waals surface area contributed by atoms with Crippen molar-refractivity contribution in [3.8, 4) is 5.75 Å². The number of methoxy groups -OCH3 is 1. The monoisotopic (exact) mass is 231 g/mol. The first-order chi connectivity index (χ1) is 8.29. The average molecular weight is 231 g/mol. The molecule has 1 aromatic carbocycles. The third-order valence-electron chi connectivity index (χ3n) is 3.83. The molecule has 1 aromatic rings. The highest BCUT2D eigenvalue weighted by atomic mass is 16.7. The molecule has 90 valence electrons. The van der Waals surface area contributed by atoms with Gasteiger partial charge in [0, 0.05) is 12.5 Å².